The Kier molecular flexibility index (Phi) is 1.26. The fourth-order valence-electron chi connectivity index (χ4n) is 2.19. The molecule has 0 spiro atoms. The molecule has 0 aromatic carbocycles. The maximum atomic E-state index is 11.2. The molecular weight excluding hydrogens is 196 g/mol. The van der Waals surface area contributed by atoms with E-state index in [1.165, 1.54) is 18.4 Å². The Bertz CT molecular complexity index is 515. The summed E-state index contributed by atoms with van der Waals surface area (Å²) in [5.41, 5.74) is 0.907. The topological polar surface area (TPSA) is 55.3 Å². The van der Waals surface area contributed by atoms with E-state index in [0.717, 1.165) is 5.57 Å². The van der Waals surface area contributed by atoms with Crippen molar-refractivity contribution < 1.29 is 13.9 Å². The number of fused-ring (bicyclic) bond motifs is 3. The summed E-state index contributed by atoms with van der Waals surface area (Å²) in [6, 6.07) is 2.89. The van der Waals surface area contributed by atoms with Crippen molar-refractivity contribution in [2.45, 2.75) is 24.4 Å². The first-order valence-electron chi connectivity index (χ1n) is 4.95. The molecule has 0 radical (unpaired) electrons. The summed E-state index contributed by atoms with van der Waals surface area (Å²) in [5, 5.41) is 0. The van der Waals surface area contributed by atoms with E-state index in [4.69, 9.17) is 13.9 Å². The zero-order valence-corrected chi connectivity index (χ0v) is 7.75. The van der Waals surface area contributed by atoms with Gasteiger partial charge < -0.3 is 13.9 Å². The molecular formula is C11H8O4. The van der Waals surface area contributed by atoms with Crippen LogP contribution in [0.2, 0.25) is 0 Å². The molecule has 0 amide bonds. The highest BCUT2D eigenvalue weighted by Gasteiger charge is 2.62. The van der Waals surface area contributed by atoms with Crippen LogP contribution in [0.5, 0.6) is 0 Å². The molecule has 0 unspecified atom stereocenters. The van der Waals surface area contributed by atoms with Crippen LogP contribution in [-0.4, -0.2) is 24.4 Å². The van der Waals surface area contributed by atoms with Crippen molar-refractivity contribution in [1.82, 2.24) is 0 Å². The number of epoxide rings is 2. The van der Waals surface area contributed by atoms with Gasteiger partial charge in [0.25, 0.3) is 0 Å². The van der Waals surface area contributed by atoms with Gasteiger partial charge in [-0.3, -0.25) is 4.79 Å². The lowest BCUT2D eigenvalue weighted by molar-refractivity contribution is 0.314. The summed E-state index contributed by atoms with van der Waals surface area (Å²) in [5.74, 6) is 0.601. The van der Waals surface area contributed by atoms with Crippen LogP contribution in [0.25, 0.3) is 5.57 Å². The molecule has 0 saturated carbocycles. The molecule has 1 aromatic heterocycles. The van der Waals surface area contributed by atoms with E-state index in [2.05, 4.69) is 0 Å². The van der Waals surface area contributed by atoms with Crippen molar-refractivity contribution >= 4 is 5.57 Å². The van der Waals surface area contributed by atoms with Crippen LogP contribution in [0, 0.1) is 0 Å². The molecule has 1 aliphatic carbocycles. The Morgan fingerprint density at radius 2 is 2.13 bits per heavy atom. The summed E-state index contributed by atoms with van der Waals surface area (Å²) in [6.45, 7) is 0. The van der Waals surface area contributed by atoms with Crippen LogP contribution >= 0.6 is 0 Å². The summed E-state index contributed by atoms with van der Waals surface area (Å²) in [6.07, 6.45) is 4.07. The molecule has 0 bridgehead atoms. The van der Waals surface area contributed by atoms with Gasteiger partial charge in [-0.25, -0.2) is 0 Å². The first kappa shape index (κ1) is 7.84. The first-order chi connectivity index (χ1) is 7.33. The van der Waals surface area contributed by atoms with Crippen molar-refractivity contribution in [2.24, 2.45) is 0 Å². The van der Waals surface area contributed by atoms with Gasteiger partial charge in [0.05, 0.1) is 6.26 Å². The third-order valence-electron chi connectivity index (χ3n) is 3.05. The summed E-state index contributed by atoms with van der Waals surface area (Å²) in [7, 11) is 0. The predicted molar refractivity (Wildman–Crippen MR) is 50.3 cm³/mol. The largest absolute Gasteiger partial charge is 0.464 e. The molecule has 4 rings (SSSR count). The van der Waals surface area contributed by atoms with Crippen molar-refractivity contribution in [2.75, 3.05) is 0 Å². The molecule has 76 valence electrons. The molecule has 15 heavy (non-hydrogen) atoms. The van der Waals surface area contributed by atoms with Gasteiger partial charge in [0.2, 0.25) is 0 Å². The highest BCUT2D eigenvalue weighted by molar-refractivity contribution is 5.71. The molecule has 3 heterocycles. The molecule has 4 atom stereocenters. The van der Waals surface area contributed by atoms with Crippen LogP contribution in [-0.2, 0) is 9.47 Å². The molecule has 4 nitrogen and oxygen atoms in total. The monoisotopic (exact) mass is 204 g/mol. The van der Waals surface area contributed by atoms with Crippen LogP contribution in [0.15, 0.2) is 33.7 Å². The summed E-state index contributed by atoms with van der Waals surface area (Å²) < 4.78 is 16.2. The second-order valence-electron chi connectivity index (χ2n) is 4.04. The smallest absolute Gasteiger partial charge is 0.185 e. The van der Waals surface area contributed by atoms with Gasteiger partial charge in [-0.1, -0.05) is 0 Å². The van der Waals surface area contributed by atoms with Crippen molar-refractivity contribution in [3.63, 3.8) is 0 Å². The minimum absolute atomic E-state index is 0.0480. The fraction of sp³-hybridized carbons (Fsp3) is 0.364. The Morgan fingerprint density at radius 3 is 3.00 bits per heavy atom. The highest BCUT2D eigenvalue weighted by atomic mass is 16.7. The Labute approximate surface area is 85.1 Å². The minimum atomic E-state index is -0.0480. The maximum absolute atomic E-state index is 11.2. The maximum Gasteiger partial charge on any atom is 0.185 e. The van der Waals surface area contributed by atoms with E-state index >= 15 is 0 Å². The number of hydrogen-bond donors (Lipinski definition) is 0. The SMILES string of the molecule is O=c1ccoc(C2=C[C@H]3O[C@H]3[C@@H]3O[C@H]23)c1. The first-order valence-corrected chi connectivity index (χ1v) is 4.95. The number of rotatable bonds is 1. The van der Waals surface area contributed by atoms with E-state index in [1.807, 2.05) is 6.08 Å². The number of ether oxygens (including phenoxy) is 2. The van der Waals surface area contributed by atoms with Gasteiger partial charge >= 0.3 is 0 Å². The normalized spacial score (nSPS) is 40.1. The van der Waals surface area contributed by atoms with Gasteiger partial charge in [-0.05, 0) is 6.08 Å². The molecule has 2 aliphatic heterocycles. The van der Waals surface area contributed by atoms with Crippen molar-refractivity contribution in [3.05, 3.63) is 40.5 Å². The second-order valence-corrected chi connectivity index (χ2v) is 4.04. The molecule has 2 saturated heterocycles. The van der Waals surface area contributed by atoms with Gasteiger partial charge in [-0.15, -0.1) is 0 Å². The highest BCUT2D eigenvalue weighted by Crippen LogP contribution is 2.50. The predicted octanol–water partition coefficient (Wildman–Crippen LogP) is 0.572. The average molecular weight is 204 g/mol. The quantitative estimate of drug-likeness (QED) is 0.627. The lowest BCUT2D eigenvalue weighted by Gasteiger charge is -2.04. The van der Waals surface area contributed by atoms with Gasteiger partial charge in [-0.2, -0.15) is 0 Å². The van der Waals surface area contributed by atoms with E-state index in [0.29, 0.717) is 5.76 Å². The van der Waals surface area contributed by atoms with Crippen LogP contribution < -0.4 is 5.43 Å². The Hall–Kier alpha value is -1.39. The second kappa shape index (κ2) is 2.40. The number of hydrogen-bond acceptors (Lipinski definition) is 4. The Morgan fingerprint density at radius 1 is 1.20 bits per heavy atom. The fourth-order valence-corrected chi connectivity index (χ4v) is 2.19. The van der Waals surface area contributed by atoms with E-state index in [1.54, 1.807) is 0 Å². The summed E-state index contributed by atoms with van der Waals surface area (Å²) in [4.78, 5) is 11.2. The molecule has 3 aliphatic rings. The van der Waals surface area contributed by atoms with E-state index in [9.17, 15) is 4.79 Å². The van der Waals surface area contributed by atoms with Gasteiger partial charge in [0.1, 0.15) is 30.2 Å². The zero-order chi connectivity index (χ0) is 9.99. The van der Waals surface area contributed by atoms with E-state index in [-0.39, 0.29) is 29.8 Å². The van der Waals surface area contributed by atoms with Gasteiger partial charge in [0.15, 0.2) is 5.43 Å². The van der Waals surface area contributed by atoms with Crippen LogP contribution in [0.3, 0.4) is 0 Å². The van der Waals surface area contributed by atoms with Gasteiger partial charge in [0, 0.05) is 17.7 Å². The summed E-state index contributed by atoms with van der Waals surface area (Å²) >= 11 is 0. The standard InChI is InChI=1S/C11H8O4/c12-5-1-2-13-7(3-5)6-4-8-10(14-8)11-9(6)15-11/h1-4,8-11H/t8-,9-,10-,11-/m1/s1. The van der Waals surface area contributed by atoms with Crippen LogP contribution in [0.4, 0.5) is 0 Å². The lowest BCUT2D eigenvalue weighted by atomic mass is 9.98. The molecule has 0 N–H and O–H groups in total. The lowest BCUT2D eigenvalue weighted by Crippen LogP contribution is -2.12. The Balaban J connectivity index is 1.81. The third kappa shape index (κ3) is 1.06. The molecule has 4 heteroatoms. The van der Waals surface area contributed by atoms with Crippen LogP contribution in [0.1, 0.15) is 5.76 Å². The van der Waals surface area contributed by atoms with Crippen molar-refractivity contribution in [3.8, 4) is 0 Å². The zero-order valence-electron chi connectivity index (χ0n) is 7.75. The average Bonchev–Trinajstić information content (AvgIpc) is 3.08. The third-order valence-corrected chi connectivity index (χ3v) is 3.05. The minimum Gasteiger partial charge on any atom is -0.464 e. The molecule has 2 fully saturated rings. The van der Waals surface area contributed by atoms with Crippen molar-refractivity contribution in [1.29, 1.82) is 0 Å². The molecule has 1 aromatic rings. The van der Waals surface area contributed by atoms with E-state index < -0.39 is 0 Å².